The van der Waals surface area contributed by atoms with Gasteiger partial charge in [0.2, 0.25) is 0 Å². The van der Waals surface area contributed by atoms with Crippen LogP contribution in [0.4, 0.5) is 5.69 Å². The van der Waals surface area contributed by atoms with E-state index < -0.39 is 0 Å². The van der Waals surface area contributed by atoms with Crippen molar-refractivity contribution in [1.29, 1.82) is 0 Å². The predicted octanol–water partition coefficient (Wildman–Crippen LogP) is 2.90. The lowest BCUT2D eigenvalue weighted by Gasteiger charge is -2.03. The number of fused-ring (bicyclic) bond motifs is 1. The molecule has 0 saturated carbocycles. The highest BCUT2D eigenvalue weighted by Crippen LogP contribution is 2.17. The maximum atomic E-state index is 12.3. The summed E-state index contributed by atoms with van der Waals surface area (Å²) >= 11 is 0. The minimum absolute atomic E-state index is 0.249. The summed E-state index contributed by atoms with van der Waals surface area (Å²) in [6, 6.07) is 15.0. The van der Waals surface area contributed by atoms with Crippen molar-refractivity contribution in [3.05, 3.63) is 65.9 Å². The summed E-state index contributed by atoms with van der Waals surface area (Å²) in [6.45, 7) is 1.82. The first-order chi connectivity index (χ1) is 10.6. The third-order valence-corrected chi connectivity index (χ3v) is 3.46. The van der Waals surface area contributed by atoms with E-state index in [1.54, 1.807) is 12.3 Å². The van der Waals surface area contributed by atoms with Gasteiger partial charge in [-0.25, -0.2) is 5.43 Å². The minimum Gasteiger partial charge on any atom is -0.399 e. The molecule has 0 aliphatic rings. The molecule has 0 aliphatic heterocycles. The Morgan fingerprint density at radius 2 is 2.00 bits per heavy atom. The number of aromatic amines is 1. The van der Waals surface area contributed by atoms with Crippen LogP contribution in [0.1, 0.15) is 22.8 Å². The normalized spacial score (nSPS) is 11.6. The van der Waals surface area contributed by atoms with Crippen molar-refractivity contribution in [1.82, 2.24) is 10.4 Å². The Labute approximate surface area is 127 Å². The Hall–Kier alpha value is -3.08. The number of rotatable bonds is 3. The van der Waals surface area contributed by atoms with Gasteiger partial charge in [-0.1, -0.05) is 30.3 Å². The zero-order valence-corrected chi connectivity index (χ0v) is 12.1. The highest BCUT2D eigenvalue weighted by molar-refractivity contribution is 6.07. The Balaban J connectivity index is 1.81. The molecule has 5 nitrogen and oxygen atoms in total. The van der Waals surface area contributed by atoms with E-state index in [2.05, 4.69) is 15.5 Å². The van der Waals surface area contributed by atoms with Gasteiger partial charge in [-0.15, -0.1) is 0 Å². The standard InChI is InChI=1S/C17H16N4O/c1-11(12-5-4-6-13(18)9-12)20-21-17(22)15-10-19-16-8-3-2-7-14(15)16/h2-10,19H,18H2,1H3,(H,21,22)/b20-11-. The number of H-pyrrole nitrogens is 1. The zero-order chi connectivity index (χ0) is 15.5. The number of carbonyl (C=O) groups is 1. The van der Waals surface area contributed by atoms with Crippen molar-refractivity contribution >= 4 is 28.2 Å². The van der Waals surface area contributed by atoms with Gasteiger partial charge < -0.3 is 10.7 Å². The Morgan fingerprint density at radius 1 is 1.18 bits per heavy atom. The number of hydrogen-bond donors (Lipinski definition) is 3. The number of amides is 1. The second-order valence-electron chi connectivity index (χ2n) is 5.01. The topological polar surface area (TPSA) is 83.3 Å². The second-order valence-corrected chi connectivity index (χ2v) is 5.01. The molecule has 0 saturated heterocycles. The number of anilines is 1. The molecule has 0 bridgehead atoms. The van der Waals surface area contributed by atoms with E-state index in [0.29, 0.717) is 17.0 Å². The SMILES string of the molecule is C/C(=N/NC(=O)c1c[nH]c2ccccc12)c1cccc(N)c1. The average molecular weight is 292 g/mol. The molecule has 5 heteroatoms. The fourth-order valence-corrected chi connectivity index (χ4v) is 2.28. The number of nitrogen functional groups attached to an aromatic ring is 1. The lowest BCUT2D eigenvalue weighted by Crippen LogP contribution is -2.19. The number of nitrogens with one attached hydrogen (secondary N) is 2. The quantitative estimate of drug-likeness (QED) is 0.394. The highest BCUT2D eigenvalue weighted by atomic mass is 16.2. The summed E-state index contributed by atoms with van der Waals surface area (Å²) in [5, 5.41) is 5.02. The van der Waals surface area contributed by atoms with Crippen molar-refractivity contribution in [3.63, 3.8) is 0 Å². The maximum Gasteiger partial charge on any atom is 0.273 e. The van der Waals surface area contributed by atoms with Crippen molar-refractivity contribution < 1.29 is 4.79 Å². The molecule has 1 amide bonds. The van der Waals surface area contributed by atoms with Gasteiger partial charge in [0.25, 0.3) is 5.91 Å². The Kier molecular flexibility index (Phi) is 3.62. The molecule has 0 unspecified atom stereocenters. The fourth-order valence-electron chi connectivity index (χ4n) is 2.28. The van der Waals surface area contributed by atoms with Crippen LogP contribution in [0.2, 0.25) is 0 Å². The lowest BCUT2D eigenvalue weighted by atomic mass is 10.1. The molecule has 110 valence electrons. The van der Waals surface area contributed by atoms with Gasteiger partial charge in [0.15, 0.2) is 0 Å². The molecule has 4 N–H and O–H groups in total. The second kappa shape index (κ2) is 5.73. The summed E-state index contributed by atoms with van der Waals surface area (Å²) < 4.78 is 0. The first-order valence-corrected chi connectivity index (χ1v) is 6.92. The smallest absolute Gasteiger partial charge is 0.273 e. The number of para-hydroxylation sites is 1. The van der Waals surface area contributed by atoms with Crippen LogP contribution in [0, 0.1) is 0 Å². The largest absolute Gasteiger partial charge is 0.399 e. The zero-order valence-electron chi connectivity index (χ0n) is 12.1. The van der Waals surface area contributed by atoms with Gasteiger partial charge in [-0.3, -0.25) is 4.79 Å². The van der Waals surface area contributed by atoms with Crippen LogP contribution in [-0.2, 0) is 0 Å². The van der Waals surface area contributed by atoms with E-state index in [1.165, 1.54) is 0 Å². The molecule has 0 fully saturated rings. The summed E-state index contributed by atoms with van der Waals surface area (Å²) in [6.07, 6.45) is 1.69. The summed E-state index contributed by atoms with van der Waals surface area (Å²) in [4.78, 5) is 15.3. The number of carbonyl (C=O) groups excluding carboxylic acids is 1. The van der Waals surface area contributed by atoms with E-state index in [4.69, 9.17) is 5.73 Å². The van der Waals surface area contributed by atoms with Crippen molar-refractivity contribution in [2.75, 3.05) is 5.73 Å². The van der Waals surface area contributed by atoms with Gasteiger partial charge >= 0.3 is 0 Å². The number of benzene rings is 2. The van der Waals surface area contributed by atoms with Crippen LogP contribution in [-0.4, -0.2) is 16.6 Å². The lowest BCUT2D eigenvalue weighted by molar-refractivity contribution is 0.0956. The average Bonchev–Trinajstić information content (AvgIpc) is 2.96. The van der Waals surface area contributed by atoms with Gasteiger partial charge in [0.1, 0.15) is 0 Å². The minimum atomic E-state index is -0.249. The third kappa shape index (κ3) is 2.69. The van der Waals surface area contributed by atoms with Crippen LogP contribution in [0.5, 0.6) is 0 Å². The molecule has 0 spiro atoms. The van der Waals surface area contributed by atoms with Crippen LogP contribution < -0.4 is 11.2 Å². The third-order valence-electron chi connectivity index (χ3n) is 3.46. The fraction of sp³-hybridized carbons (Fsp3) is 0.0588. The van der Waals surface area contributed by atoms with E-state index in [-0.39, 0.29) is 5.91 Å². The van der Waals surface area contributed by atoms with Gasteiger partial charge in [-0.05, 0) is 30.7 Å². The summed E-state index contributed by atoms with van der Waals surface area (Å²) in [5.41, 5.74) is 12.0. The molecule has 0 atom stereocenters. The number of hydrazone groups is 1. The molecule has 2 aromatic carbocycles. The van der Waals surface area contributed by atoms with E-state index in [1.807, 2.05) is 49.4 Å². The first-order valence-electron chi connectivity index (χ1n) is 6.92. The molecule has 3 aromatic rings. The molecule has 1 aromatic heterocycles. The van der Waals surface area contributed by atoms with E-state index in [9.17, 15) is 4.79 Å². The van der Waals surface area contributed by atoms with Crippen LogP contribution in [0.3, 0.4) is 0 Å². The number of nitrogens with two attached hydrogens (primary N) is 1. The van der Waals surface area contributed by atoms with Gasteiger partial charge in [0.05, 0.1) is 11.3 Å². The number of hydrogen-bond acceptors (Lipinski definition) is 3. The van der Waals surface area contributed by atoms with E-state index in [0.717, 1.165) is 16.5 Å². The van der Waals surface area contributed by atoms with E-state index >= 15 is 0 Å². The molecule has 22 heavy (non-hydrogen) atoms. The Morgan fingerprint density at radius 3 is 2.82 bits per heavy atom. The predicted molar refractivity (Wildman–Crippen MR) is 88.8 cm³/mol. The molecular formula is C17H16N4O. The molecule has 0 aliphatic carbocycles. The van der Waals surface area contributed by atoms with Crippen molar-refractivity contribution in [3.8, 4) is 0 Å². The molecule has 1 heterocycles. The molecule has 0 radical (unpaired) electrons. The number of nitrogens with zero attached hydrogens (tertiary/aromatic N) is 1. The highest BCUT2D eigenvalue weighted by Gasteiger charge is 2.11. The molecule has 3 rings (SSSR count). The Bertz CT molecular complexity index is 864. The van der Waals surface area contributed by atoms with Crippen LogP contribution in [0.15, 0.2) is 59.8 Å². The van der Waals surface area contributed by atoms with Crippen molar-refractivity contribution in [2.24, 2.45) is 5.10 Å². The van der Waals surface area contributed by atoms with Crippen LogP contribution in [0.25, 0.3) is 10.9 Å². The van der Waals surface area contributed by atoms with Gasteiger partial charge in [0, 0.05) is 22.8 Å². The van der Waals surface area contributed by atoms with Crippen molar-refractivity contribution in [2.45, 2.75) is 6.92 Å². The van der Waals surface area contributed by atoms with Crippen LogP contribution >= 0.6 is 0 Å². The molecular weight excluding hydrogens is 276 g/mol. The maximum absolute atomic E-state index is 12.3. The van der Waals surface area contributed by atoms with Gasteiger partial charge in [-0.2, -0.15) is 5.10 Å². The number of aromatic nitrogens is 1. The summed E-state index contributed by atoms with van der Waals surface area (Å²) in [7, 11) is 0. The monoisotopic (exact) mass is 292 g/mol. The summed E-state index contributed by atoms with van der Waals surface area (Å²) in [5.74, 6) is -0.249. The first kappa shape index (κ1) is 13.9.